The van der Waals surface area contributed by atoms with Gasteiger partial charge in [-0.15, -0.1) is 0 Å². The van der Waals surface area contributed by atoms with Crippen molar-refractivity contribution in [1.82, 2.24) is 0 Å². The average Bonchev–Trinajstić information content (AvgIpc) is 2.31. The van der Waals surface area contributed by atoms with Crippen molar-refractivity contribution in [3.63, 3.8) is 0 Å². The minimum Gasteiger partial charge on any atom is -0.384 e. The molecule has 0 aliphatic carbocycles. The third-order valence-corrected chi connectivity index (χ3v) is 3.93. The second kappa shape index (κ2) is 7.16. The molecule has 1 aromatic rings. The summed E-state index contributed by atoms with van der Waals surface area (Å²) in [7, 11) is 0. The summed E-state index contributed by atoms with van der Waals surface area (Å²) in [5.41, 5.74) is 0.913. The normalized spacial score (nSPS) is 11.1. The molecule has 4 heteroatoms. The van der Waals surface area contributed by atoms with Gasteiger partial charge in [-0.3, -0.25) is 0 Å². The summed E-state index contributed by atoms with van der Waals surface area (Å²) < 4.78 is 2.13. The number of nitriles is 1. The number of rotatable bonds is 6. The number of hydrogen-bond donors (Lipinski definition) is 1. The first-order chi connectivity index (χ1) is 8.44. The number of hydrogen-bond acceptors (Lipinski definition) is 2. The highest BCUT2D eigenvalue weighted by molar-refractivity contribution is 9.11. The van der Waals surface area contributed by atoms with Crippen LogP contribution in [0, 0.1) is 16.7 Å². The highest BCUT2D eigenvalue weighted by Crippen LogP contribution is 2.26. The molecule has 0 aliphatic rings. The average molecular weight is 374 g/mol. The molecule has 0 heterocycles. The minimum absolute atomic E-state index is 0.196. The first-order valence-electron chi connectivity index (χ1n) is 6.05. The number of benzene rings is 1. The van der Waals surface area contributed by atoms with E-state index >= 15 is 0 Å². The maximum Gasteiger partial charge on any atom is 0.0683 e. The van der Waals surface area contributed by atoms with Gasteiger partial charge < -0.3 is 5.32 Å². The predicted molar refractivity (Wildman–Crippen MR) is 83.6 cm³/mol. The third-order valence-electron chi connectivity index (χ3n) is 2.78. The number of nitrogens with zero attached hydrogens (tertiary/aromatic N) is 1. The molecule has 0 radical (unpaired) electrons. The van der Waals surface area contributed by atoms with E-state index in [1.807, 2.05) is 32.0 Å². The Kier molecular flexibility index (Phi) is 6.17. The van der Waals surface area contributed by atoms with Crippen molar-refractivity contribution in [3.8, 4) is 6.07 Å². The largest absolute Gasteiger partial charge is 0.384 e. The van der Waals surface area contributed by atoms with Gasteiger partial charge in [0.25, 0.3) is 0 Å². The van der Waals surface area contributed by atoms with Gasteiger partial charge in [-0.1, -0.05) is 22.4 Å². The zero-order valence-corrected chi connectivity index (χ0v) is 13.9. The van der Waals surface area contributed by atoms with E-state index in [4.69, 9.17) is 5.26 Å². The summed E-state index contributed by atoms with van der Waals surface area (Å²) >= 11 is 6.95. The van der Waals surface area contributed by atoms with Gasteiger partial charge >= 0.3 is 0 Å². The number of unbranched alkanes of at least 4 members (excludes halogenated alkanes) is 1. The molecule has 98 valence electrons. The van der Waals surface area contributed by atoms with Crippen LogP contribution in [0.2, 0.25) is 0 Å². The van der Waals surface area contributed by atoms with Crippen molar-refractivity contribution in [1.29, 1.82) is 5.26 Å². The first kappa shape index (κ1) is 15.5. The molecule has 0 fully saturated rings. The molecule has 0 saturated carbocycles. The van der Waals surface area contributed by atoms with Crippen LogP contribution in [0.15, 0.2) is 27.1 Å². The SMILES string of the molecule is CC(C)(C#N)CCCCNc1ccc(Br)cc1Br. The van der Waals surface area contributed by atoms with E-state index in [1.54, 1.807) is 0 Å². The summed E-state index contributed by atoms with van der Waals surface area (Å²) in [4.78, 5) is 0. The van der Waals surface area contributed by atoms with Crippen LogP contribution in [0.25, 0.3) is 0 Å². The van der Waals surface area contributed by atoms with Gasteiger partial charge in [0.1, 0.15) is 0 Å². The minimum atomic E-state index is -0.196. The van der Waals surface area contributed by atoms with Crippen molar-refractivity contribution >= 4 is 37.5 Å². The van der Waals surface area contributed by atoms with Crippen LogP contribution in [0.4, 0.5) is 5.69 Å². The summed E-state index contributed by atoms with van der Waals surface area (Å²) in [5.74, 6) is 0. The van der Waals surface area contributed by atoms with Gasteiger partial charge in [0.2, 0.25) is 0 Å². The lowest BCUT2D eigenvalue weighted by Gasteiger charge is -2.14. The van der Waals surface area contributed by atoms with E-state index in [0.717, 1.165) is 40.4 Å². The number of halogens is 2. The second-order valence-electron chi connectivity index (χ2n) is 5.00. The Morgan fingerprint density at radius 3 is 2.61 bits per heavy atom. The van der Waals surface area contributed by atoms with Crippen LogP contribution >= 0.6 is 31.9 Å². The summed E-state index contributed by atoms with van der Waals surface area (Å²) in [6.45, 7) is 4.92. The van der Waals surface area contributed by atoms with Gasteiger partial charge in [-0.25, -0.2) is 0 Å². The highest BCUT2D eigenvalue weighted by atomic mass is 79.9. The fourth-order valence-electron chi connectivity index (χ4n) is 1.60. The lowest BCUT2D eigenvalue weighted by Crippen LogP contribution is -2.09. The van der Waals surface area contributed by atoms with Crippen LogP contribution in [0.5, 0.6) is 0 Å². The standard InChI is InChI=1S/C14H18Br2N2/c1-14(2,10-17)7-3-4-8-18-13-6-5-11(15)9-12(13)16/h5-6,9,18H,3-4,7-8H2,1-2H3. The number of nitrogens with one attached hydrogen (secondary N) is 1. The Balaban J connectivity index is 2.29. The smallest absolute Gasteiger partial charge is 0.0683 e. The molecule has 1 N–H and O–H groups in total. The fraction of sp³-hybridized carbons (Fsp3) is 0.500. The van der Waals surface area contributed by atoms with E-state index in [9.17, 15) is 0 Å². The number of anilines is 1. The van der Waals surface area contributed by atoms with Gasteiger partial charge in [-0.2, -0.15) is 5.26 Å². The van der Waals surface area contributed by atoms with Crippen LogP contribution in [0.3, 0.4) is 0 Å². The fourth-order valence-corrected chi connectivity index (χ4v) is 2.79. The lowest BCUT2D eigenvalue weighted by molar-refractivity contribution is 0.430. The molecule has 0 aromatic heterocycles. The molecule has 0 unspecified atom stereocenters. The summed E-state index contributed by atoms with van der Waals surface area (Å²) in [5, 5.41) is 12.3. The van der Waals surface area contributed by atoms with E-state index in [1.165, 1.54) is 0 Å². The van der Waals surface area contributed by atoms with Crippen molar-refractivity contribution in [3.05, 3.63) is 27.1 Å². The molecule has 0 amide bonds. The third kappa shape index (κ3) is 5.41. The maximum atomic E-state index is 8.91. The van der Waals surface area contributed by atoms with E-state index in [-0.39, 0.29) is 5.41 Å². The second-order valence-corrected chi connectivity index (χ2v) is 6.77. The van der Waals surface area contributed by atoms with Gasteiger partial charge in [0, 0.05) is 21.2 Å². The highest BCUT2D eigenvalue weighted by Gasteiger charge is 2.15. The zero-order valence-electron chi connectivity index (χ0n) is 10.8. The molecule has 0 saturated heterocycles. The van der Waals surface area contributed by atoms with Crippen molar-refractivity contribution in [2.45, 2.75) is 33.1 Å². The van der Waals surface area contributed by atoms with Crippen molar-refractivity contribution in [2.75, 3.05) is 11.9 Å². The zero-order chi connectivity index (χ0) is 13.6. The quantitative estimate of drug-likeness (QED) is 0.682. The Labute approximate surface area is 126 Å². The molecular formula is C14H18Br2N2. The Hall–Kier alpha value is -0.530. The van der Waals surface area contributed by atoms with Gasteiger partial charge in [-0.05, 0) is 60.8 Å². The predicted octanol–water partition coefficient (Wildman–Crippen LogP) is 5.34. The van der Waals surface area contributed by atoms with Gasteiger partial charge in [0.05, 0.1) is 11.5 Å². The van der Waals surface area contributed by atoms with Crippen LogP contribution in [0.1, 0.15) is 33.1 Å². The molecular weight excluding hydrogens is 356 g/mol. The van der Waals surface area contributed by atoms with Gasteiger partial charge in [0.15, 0.2) is 0 Å². The monoisotopic (exact) mass is 372 g/mol. The molecule has 0 spiro atoms. The van der Waals surface area contributed by atoms with E-state index in [0.29, 0.717) is 0 Å². The summed E-state index contributed by atoms with van der Waals surface area (Å²) in [6.07, 6.45) is 3.10. The molecule has 0 aliphatic heterocycles. The van der Waals surface area contributed by atoms with Crippen LogP contribution < -0.4 is 5.32 Å². The molecule has 0 bridgehead atoms. The molecule has 2 nitrogen and oxygen atoms in total. The Morgan fingerprint density at radius 2 is 2.00 bits per heavy atom. The van der Waals surface area contributed by atoms with Crippen molar-refractivity contribution in [2.24, 2.45) is 5.41 Å². The lowest BCUT2D eigenvalue weighted by atomic mass is 9.89. The van der Waals surface area contributed by atoms with Crippen molar-refractivity contribution < 1.29 is 0 Å². The first-order valence-corrected chi connectivity index (χ1v) is 7.63. The molecule has 1 aromatic carbocycles. The van der Waals surface area contributed by atoms with Crippen LogP contribution in [-0.4, -0.2) is 6.54 Å². The van der Waals surface area contributed by atoms with E-state index in [2.05, 4.69) is 43.2 Å². The summed E-state index contributed by atoms with van der Waals surface area (Å²) in [6, 6.07) is 8.43. The molecule has 18 heavy (non-hydrogen) atoms. The topological polar surface area (TPSA) is 35.8 Å². The molecule has 1 rings (SSSR count). The van der Waals surface area contributed by atoms with Crippen LogP contribution in [-0.2, 0) is 0 Å². The maximum absolute atomic E-state index is 8.91. The Bertz CT molecular complexity index is 436. The molecule has 0 atom stereocenters. The van der Waals surface area contributed by atoms with E-state index < -0.39 is 0 Å². The Morgan fingerprint density at radius 1 is 1.28 bits per heavy atom.